The fraction of sp³-hybridized carbons (Fsp3) is 0.250. The average molecular weight is 340 g/mol. The summed E-state index contributed by atoms with van der Waals surface area (Å²) in [6.45, 7) is 1.96. The molecule has 24 heavy (non-hydrogen) atoms. The van der Waals surface area contributed by atoms with Crippen LogP contribution in [0.4, 0.5) is 13.2 Å². The molecule has 128 valence electrons. The molecule has 0 bridgehead atoms. The number of carboxylic acid groups (broad SMARTS) is 1. The van der Waals surface area contributed by atoms with Crippen LogP contribution in [-0.4, -0.2) is 42.4 Å². The van der Waals surface area contributed by atoms with Gasteiger partial charge in [-0.15, -0.1) is 0 Å². The van der Waals surface area contributed by atoms with E-state index in [4.69, 9.17) is 14.6 Å². The zero-order valence-corrected chi connectivity index (χ0v) is 12.7. The summed E-state index contributed by atoms with van der Waals surface area (Å²) < 4.78 is 37.2. The first kappa shape index (κ1) is 17.7. The van der Waals surface area contributed by atoms with Gasteiger partial charge in [0, 0.05) is 36.4 Å². The van der Waals surface area contributed by atoms with Crippen LogP contribution in [0.2, 0.25) is 0 Å². The van der Waals surface area contributed by atoms with Crippen LogP contribution in [-0.2, 0) is 4.79 Å². The summed E-state index contributed by atoms with van der Waals surface area (Å²) >= 11 is 0. The first-order valence-corrected chi connectivity index (χ1v) is 6.93. The number of hydrogen-bond donors (Lipinski definition) is 2. The van der Waals surface area contributed by atoms with Crippen molar-refractivity contribution in [2.75, 3.05) is 20.2 Å². The summed E-state index contributed by atoms with van der Waals surface area (Å²) in [6, 6.07) is 6.20. The predicted molar refractivity (Wildman–Crippen MR) is 82.8 cm³/mol. The maximum Gasteiger partial charge on any atom is 0.490 e. The van der Waals surface area contributed by atoms with Gasteiger partial charge in [-0.05, 0) is 35.2 Å². The quantitative estimate of drug-likeness (QED) is 0.880. The number of benzene rings is 1. The molecule has 0 radical (unpaired) electrons. The Balaban J connectivity index is 0.000000256. The lowest BCUT2D eigenvalue weighted by atomic mass is 10.0. The van der Waals surface area contributed by atoms with Gasteiger partial charge >= 0.3 is 12.1 Å². The summed E-state index contributed by atoms with van der Waals surface area (Å²) in [4.78, 5) is 13.0. The van der Waals surface area contributed by atoms with Crippen LogP contribution in [0.5, 0.6) is 5.75 Å². The van der Waals surface area contributed by atoms with Crippen LogP contribution in [0, 0.1) is 0 Å². The van der Waals surface area contributed by atoms with Crippen molar-refractivity contribution in [3.63, 3.8) is 0 Å². The van der Waals surface area contributed by atoms with Gasteiger partial charge in [-0.2, -0.15) is 13.2 Å². The summed E-state index contributed by atoms with van der Waals surface area (Å²) in [5.74, 6) is -1.84. The molecular weight excluding hydrogens is 325 g/mol. The van der Waals surface area contributed by atoms with Crippen molar-refractivity contribution in [3.05, 3.63) is 41.7 Å². The summed E-state index contributed by atoms with van der Waals surface area (Å²) in [5.41, 5.74) is 2.54. The third-order valence-corrected chi connectivity index (χ3v) is 3.30. The van der Waals surface area contributed by atoms with E-state index in [0.717, 1.165) is 35.2 Å². The number of aliphatic carboxylic acids is 1. The lowest BCUT2D eigenvalue weighted by Crippen LogP contribution is -2.33. The van der Waals surface area contributed by atoms with Crippen molar-refractivity contribution >= 4 is 22.8 Å². The van der Waals surface area contributed by atoms with E-state index in [1.807, 2.05) is 12.3 Å². The van der Waals surface area contributed by atoms with Crippen LogP contribution < -0.4 is 10.1 Å². The second-order valence-corrected chi connectivity index (χ2v) is 5.03. The second-order valence-electron chi connectivity index (χ2n) is 5.03. The molecule has 0 unspecified atom stereocenters. The molecule has 0 atom stereocenters. The van der Waals surface area contributed by atoms with Crippen LogP contribution >= 0.6 is 0 Å². The van der Waals surface area contributed by atoms with E-state index in [0.29, 0.717) is 0 Å². The van der Waals surface area contributed by atoms with Gasteiger partial charge in [-0.3, -0.25) is 4.98 Å². The number of hydrogen-bond acceptors (Lipinski definition) is 4. The Morgan fingerprint density at radius 1 is 1.33 bits per heavy atom. The fourth-order valence-electron chi connectivity index (χ4n) is 2.01. The minimum atomic E-state index is -5.08. The molecule has 3 rings (SSSR count). The molecule has 2 aromatic rings. The average Bonchev–Trinajstić information content (AvgIpc) is 2.49. The molecule has 0 aliphatic carbocycles. The van der Waals surface area contributed by atoms with Gasteiger partial charge in [-0.25, -0.2) is 4.79 Å². The molecule has 2 heterocycles. The standard InChI is InChI=1S/C14H14N2O.C2HF3O2/c1-17-14-6-11-2-3-15-9-13(11)5-12(14)4-10-7-16-8-10;3-2(4,5)1(6)7/h2-6,9,16H,7-8H2,1H3;(H,6,7). The van der Waals surface area contributed by atoms with E-state index in [-0.39, 0.29) is 0 Å². The van der Waals surface area contributed by atoms with Crippen molar-refractivity contribution in [2.45, 2.75) is 6.18 Å². The van der Waals surface area contributed by atoms with Crippen LogP contribution in [0.15, 0.2) is 36.2 Å². The Hall–Kier alpha value is -2.61. The van der Waals surface area contributed by atoms with E-state index >= 15 is 0 Å². The van der Waals surface area contributed by atoms with Gasteiger partial charge in [0.2, 0.25) is 0 Å². The minimum Gasteiger partial charge on any atom is -0.496 e. The van der Waals surface area contributed by atoms with E-state index < -0.39 is 12.1 Å². The largest absolute Gasteiger partial charge is 0.496 e. The highest BCUT2D eigenvalue weighted by Gasteiger charge is 2.38. The molecule has 1 fully saturated rings. The Morgan fingerprint density at radius 3 is 2.50 bits per heavy atom. The number of carbonyl (C=O) groups is 1. The Labute approximate surface area is 135 Å². The normalized spacial score (nSPS) is 13.6. The maximum absolute atomic E-state index is 10.6. The molecule has 0 amide bonds. The fourth-order valence-corrected chi connectivity index (χ4v) is 2.01. The van der Waals surface area contributed by atoms with Gasteiger partial charge < -0.3 is 15.2 Å². The molecule has 1 aromatic heterocycles. The maximum atomic E-state index is 10.6. The molecule has 0 saturated carbocycles. The molecular formula is C16H15F3N2O3. The van der Waals surface area contributed by atoms with Crippen LogP contribution in [0.25, 0.3) is 16.8 Å². The van der Waals surface area contributed by atoms with E-state index in [9.17, 15) is 13.2 Å². The van der Waals surface area contributed by atoms with Crippen molar-refractivity contribution < 1.29 is 27.8 Å². The third kappa shape index (κ3) is 4.45. The predicted octanol–water partition coefficient (Wildman–Crippen LogP) is 2.86. The summed E-state index contributed by atoms with van der Waals surface area (Å²) in [6.07, 6.45) is 0.799. The number of methoxy groups -OCH3 is 1. The highest BCUT2D eigenvalue weighted by molar-refractivity contribution is 5.86. The first-order chi connectivity index (χ1) is 11.3. The highest BCUT2D eigenvalue weighted by atomic mass is 19.4. The van der Waals surface area contributed by atoms with Crippen molar-refractivity contribution in [3.8, 4) is 5.75 Å². The van der Waals surface area contributed by atoms with Crippen molar-refractivity contribution in [1.29, 1.82) is 0 Å². The second kappa shape index (κ2) is 7.31. The monoisotopic (exact) mass is 340 g/mol. The van der Waals surface area contributed by atoms with E-state index in [1.165, 1.54) is 5.57 Å². The Kier molecular flexibility index (Phi) is 5.40. The zero-order valence-electron chi connectivity index (χ0n) is 12.7. The number of aromatic nitrogens is 1. The topological polar surface area (TPSA) is 71.5 Å². The van der Waals surface area contributed by atoms with Gasteiger partial charge in [0.1, 0.15) is 5.75 Å². The summed E-state index contributed by atoms with van der Waals surface area (Å²) in [7, 11) is 1.71. The van der Waals surface area contributed by atoms with E-state index in [2.05, 4.69) is 28.5 Å². The van der Waals surface area contributed by atoms with Gasteiger partial charge in [0.25, 0.3) is 0 Å². The van der Waals surface area contributed by atoms with Crippen LogP contribution in [0.1, 0.15) is 5.56 Å². The number of halogens is 3. The number of alkyl halides is 3. The Morgan fingerprint density at radius 2 is 2.00 bits per heavy atom. The Bertz CT molecular complexity index is 767. The summed E-state index contributed by atoms with van der Waals surface area (Å²) in [5, 5.41) is 12.7. The zero-order chi connectivity index (χ0) is 17.7. The molecule has 0 spiro atoms. The molecule has 2 N–H and O–H groups in total. The number of nitrogens with one attached hydrogen (secondary N) is 1. The third-order valence-electron chi connectivity index (χ3n) is 3.30. The van der Waals surface area contributed by atoms with Gasteiger partial charge in [0.05, 0.1) is 7.11 Å². The lowest BCUT2D eigenvalue weighted by Gasteiger charge is -2.19. The van der Waals surface area contributed by atoms with Gasteiger partial charge in [-0.1, -0.05) is 0 Å². The number of pyridine rings is 1. The first-order valence-electron chi connectivity index (χ1n) is 6.93. The van der Waals surface area contributed by atoms with Crippen molar-refractivity contribution in [1.82, 2.24) is 10.3 Å². The molecule has 1 saturated heterocycles. The molecule has 1 aliphatic rings. The number of carboxylic acids is 1. The molecule has 1 aliphatic heterocycles. The number of ether oxygens (including phenoxy) is 1. The van der Waals surface area contributed by atoms with E-state index in [1.54, 1.807) is 13.3 Å². The minimum absolute atomic E-state index is 0.920. The smallest absolute Gasteiger partial charge is 0.490 e. The van der Waals surface area contributed by atoms with Crippen LogP contribution in [0.3, 0.4) is 0 Å². The number of rotatable bonds is 2. The van der Waals surface area contributed by atoms with Gasteiger partial charge in [0.15, 0.2) is 0 Å². The number of fused-ring (bicyclic) bond motifs is 1. The molecule has 8 heteroatoms. The SMILES string of the molecule is COc1cc2ccncc2cc1C=C1CNC1.O=C(O)C(F)(F)F. The number of nitrogens with zero attached hydrogens (tertiary/aromatic N) is 1. The molecule has 1 aromatic carbocycles. The lowest BCUT2D eigenvalue weighted by molar-refractivity contribution is -0.192. The molecule has 5 nitrogen and oxygen atoms in total. The highest BCUT2D eigenvalue weighted by Crippen LogP contribution is 2.27. The van der Waals surface area contributed by atoms with Crippen molar-refractivity contribution in [2.24, 2.45) is 0 Å².